The van der Waals surface area contributed by atoms with Gasteiger partial charge in [0.1, 0.15) is 17.5 Å². The van der Waals surface area contributed by atoms with Crippen LogP contribution in [-0.2, 0) is 11.8 Å². The number of nitrogens with one attached hydrogen (secondary N) is 2. The van der Waals surface area contributed by atoms with Crippen LogP contribution in [0.2, 0.25) is 0 Å². The number of pyridine rings is 1. The Balaban J connectivity index is 1.24. The van der Waals surface area contributed by atoms with Crippen LogP contribution in [0.25, 0.3) is 0 Å². The molecule has 2 N–H and O–H groups in total. The summed E-state index contributed by atoms with van der Waals surface area (Å²) in [6, 6.07) is 8.78. The van der Waals surface area contributed by atoms with E-state index >= 15 is 0 Å². The number of H-pyrrole nitrogens is 1. The summed E-state index contributed by atoms with van der Waals surface area (Å²) in [5.41, 5.74) is 5.02. The number of aromatic nitrogens is 3. The number of fused-ring (bicyclic) bond motifs is 7. The molecule has 172 valence electrons. The minimum Gasteiger partial charge on any atom is -0.370 e. The van der Waals surface area contributed by atoms with Crippen LogP contribution in [0, 0.1) is 23.5 Å². The normalized spacial score (nSPS) is 29.7. The summed E-state index contributed by atoms with van der Waals surface area (Å²) in [5, 5.41) is 11.1. The summed E-state index contributed by atoms with van der Waals surface area (Å²) in [4.78, 5) is 4.10. The van der Waals surface area contributed by atoms with E-state index in [1.807, 2.05) is 12.3 Å². The fraction of sp³-hybridized carbons (Fsp3) is 0.481. The average molecular weight is 449 g/mol. The quantitative estimate of drug-likeness (QED) is 0.465. The number of nitrogens with zero attached hydrogens (tertiary/aromatic N) is 2. The molecule has 0 amide bonds. The number of halogens is 2. The maximum Gasteiger partial charge on any atom is 0.141 e. The molecule has 5 atom stereocenters. The Kier molecular flexibility index (Phi) is 5.00. The van der Waals surface area contributed by atoms with Gasteiger partial charge in [0.25, 0.3) is 0 Å². The first-order valence-electron chi connectivity index (χ1n) is 12.2. The van der Waals surface area contributed by atoms with Crippen LogP contribution in [-0.4, -0.2) is 21.7 Å². The Morgan fingerprint density at radius 1 is 1.12 bits per heavy atom. The van der Waals surface area contributed by atoms with Gasteiger partial charge in [0.2, 0.25) is 0 Å². The minimum atomic E-state index is -0.320. The Morgan fingerprint density at radius 3 is 2.88 bits per heavy atom. The second-order valence-electron chi connectivity index (χ2n) is 10.3. The van der Waals surface area contributed by atoms with Gasteiger partial charge in [-0.2, -0.15) is 5.10 Å². The van der Waals surface area contributed by atoms with Crippen LogP contribution < -0.4 is 5.32 Å². The van der Waals surface area contributed by atoms with E-state index < -0.39 is 0 Å². The van der Waals surface area contributed by atoms with Gasteiger partial charge in [0.05, 0.1) is 12.4 Å². The minimum absolute atomic E-state index is 0.0304. The lowest BCUT2D eigenvalue weighted by atomic mass is 9.53. The summed E-state index contributed by atoms with van der Waals surface area (Å²) < 4.78 is 27.7. The third-order valence-electron chi connectivity index (χ3n) is 8.77. The third-order valence-corrected chi connectivity index (χ3v) is 8.77. The molecule has 6 rings (SSSR count). The van der Waals surface area contributed by atoms with E-state index in [9.17, 15) is 8.78 Å². The molecular formula is C27H30F2N4. The monoisotopic (exact) mass is 448 g/mol. The summed E-state index contributed by atoms with van der Waals surface area (Å²) in [7, 11) is 0. The smallest absolute Gasteiger partial charge is 0.141 e. The van der Waals surface area contributed by atoms with Crippen molar-refractivity contribution in [3.63, 3.8) is 0 Å². The molecule has 0 bridgehead atoms. The van der Waals surface area contributed by atoms with Gasteiger partial charge in [0.15, 0.2) is 0 Å². The largest absolute Gasteiger partial charge is 0.370 e. The maximum absolute atomic E-state index is 14.5. The molecule has 3 aromatic rings. The highest BCUT2D eigenvalue weighted by molar-refractivity contribution is 5.43. The lowest BCUT2D eigenvalue weighted by Gasteiger charge is -2.50. The molecule has 0 spiro atoms. The van der Waals surface area contributed by atoms with E-state index in [-0.39, 0.29) is 17.0 Å². The highest BCUT2D eigenvalue weighted by Gasteiger charge is 2.57. The van der Waals surface area contributed by atoms with Gasteiger partial charge in [-0.3, -0.25) is 5.10 Å². The summed E-state index contributed by atoms with van der Waals surface area (Å²) >= 11 is 0. The van der Waals surface area contributed by atoms with Crippen LogP contribution >= 0.6 is 0 Å². The second kappa shape index (κ2) is 7.93. The molecule has 4 nitrogen and oxygen atoms in total. The molecule has 1 fully saturated rings. The highest BCUT2D eigenvalue weighted by Crippen LogP contribution is 2.64. The van der Waals surface area contributed by atoms with E-state index in [1.165, 1.54) is 29.1 Å². The summed E-state index contributed by atoms with van der Waals surface area (Å²) in [6.07, 6.45) is 9.48. The molecule has 2 aromatic heterocycles. The Labute approximate surface area is 193 Å². The predicted molar refractivity (Wildman–Crippen MR) is 124 cm³/mol. The predicted octanol–water partition coefficient (Wildman–Crippen LogP) is 6.09. The Hall–Kier alpha value is -2.76. The third kappa shape index (κ3) is 3.29. The van der Waals surface area contributed by atoms with Crippen molar-refractivity contribution >= 4 is 5.82 Å². The first kappa shape index (κ1) is 20.8. The average Bonchev–Trinajstić information content (AvgIpc) is 3.39. The number of benzene rings is 1. The first-order valence-corrected chi connectivity index (χ1v) is 12.2. The van der Waals surface area contributed by atoms with Crippen LogP contribution in [0.5, 0.6) is 0 Å². The number of hydrogen-bond donors (Lipinski definition) is 2. The van der Waals surface area contributed by atoms with Crippen LogP contribution in [0.3, 0.4) is 0 Å². The van der Waals surface area contributed by atoms with Crippen molar-refractivity contribution in [1.82, 2.24) is 15.2 Å². The topological polar surface area (TPSA) is 53.6 Å². The number of anilines is 1. The maximum atomic E-state index is 14.5. The molecule has 1 aromatic carbocycles. The van der Waals surface area contributed by atoms with Crippen molar-refractivity contribution in [2.24, 2.45) is 11.8 Å². The number of hydrogen-bond acceptors (Lipinski definition) is 3. The van der Waals surface area contributed by atoms with E-state index in [4.69, 9.17) is 0 Å². The summed E-state index contributed by atoms with van der Waals surface area (Å²) in [5.74, 6) is 2.37. The zero-order valence-corrected chi connectivity index (χ0v) is 19.0. The van der Waals surface area contributed by atoms with Crippen molar-refractivity contribution in [3.8, 4) is 0 Å². The standard InChI is InChI=1S/C27H30F2N4/c1-27-12-11-18-17-4-2-6-23(29)19(17)8-9-21(18)25(27)20(22-15-32-33-26(22)27)5-3-13-30-24-10-7-16(28)14-31-24/h2,4,6-7,10,14-15,18,20-21,25H,3,5,8-9,11-13H2,1H3,(H,30,31)(H,32,33)/t18?,20-,21?,25?,27+/m1/s1. The Morgan fingerprint density at radius 2 is 2.03 bits per heavy atom. The number of aromatic amines is 1. The molecule has 2 heterocycles. The van der Waals surface area contributed by atoms with Crippen molar-refractivity contribution in [2.75, 3.05) is 11.9 Å². The molecule has 3 aliphatic carbocycles. The van der Waals surface area contributed by atoms with E-state index in [0.29, 0.717) is 29.5 Å². The van der Waals surface area contributed by atoms with Gasteiger partial charge in [0, 0.05) is 17.7 Å². The van der Waals surface area contributed by atoms with Gasteiger partial charge in [-0.15, -0.1) is 0 Å². The van der Waals surface area contributed by atoms with Gasteiger partial charge in [-0.1, -0.05) is 19.1 Å². The van der Waals surface area contributed by atoms with E-state index in [2.05, 4.69) is 33.5 Å². The first-order chi connectivity index (χ1) is 16.1. The van der Waals surface area contributed by atoms with E-state index in [1.54, 1.807) is 12.1 Å². The molecule has 0 aliphatic heterocycles. The van der Waals surface area contributed by atoms with Crippen LogP contribution in [0.15, 0.2) is 42.7 Å². The van der Waals surface area contributed by atoms with Gasteiger partial charge < -0.3 is 5.32 Å². The molecule has 3 aliphatic rings. The fourth-order valence-electron chi connectivity index (χ4n) is 7.44. The Bertz CT molecular complexity index is 1160. The van der Waals surface area contributed by atoms with Gasteiger partial charge in [-0.05, 0) is 97.1 Å². The van der Waals surface area contributed by atoms with Gasteiger partial charge >= 0.3 is 0 Å². The van der Waals surface area contributed by atoms with Crippen molar-refractivity contribution < 1.29 is 8.78 Å². The molecule has 0 saturated heterocycles. The molecule has 33 heavy (non-hydrogen) atoms. The SMILES string of the molecule is C[C@]12CCC3c4cccc(F)c4CCC3C1[C@H](CCCNc1ccc(F)cn1)c1cn[nH]c12. The lowest BCUT2D eigenvalue weighted by Crippen LogP contribution is -2.44. The molecule has 3 unspecified atom stereocenters. The molecular weight excluding hydrogens is 418 g/mol. The highest BCUT2D eigenvalue weighted by atomic mass is 19.1. The van der Waals surface area contributed by atoms with Crippen molar-refractivity contribution in [3.05, 3.63) is 76.7 Å². The van der Waals surface area contributed by atoms with Crippen molar-refractivity contribution in [1.29, 1.82) is 0 Å². The van der Waals surface area contributed by atoms with Crippen LogP contribution in [0.4, 0.5) is 14.6 Å². The molecule has 6 heteroatoms. The molecule has 1 saturated carbocycles. The van der Waals surface area contributed by atoms with Crippen molar-refractivity contribution in [2.45, 2.75) is 62.7 Å². The zero-order chi connectivity index (χ0) is 22.6. The van der Waals surface area contributed by atoms with E-state index in [0.717, 1.165) is 50.6 Å². The second-order valence-corrected chi connectivity index (χ2v) is 10.3. The fourth-order valence-corrected chi connectivity index (χ4v) is 7.44. The van der Waals surface area contributed by atoms with Crippen LogP contribution in [0.1, 0.15) is 73.2 Å². The van der Waals surface area contributed by atoms with Gasteiger partial charge in [-0.25, -0.2) is 13.8 Å². The number of rotatable bonds is 5. The zero-order valence-electron chi connectivity index (χ0n) is 19.0. The summed E-state index contributed by atoms with van der Waals surface area (Å²) in [6.45, 7) is 3.22. The molecule has 0 radical (unpaired) electrons. The lowest BCUT2D eigenvalue weighted by molar-refractivity contribution is 0.0796.